The van der Waals surface area contributed by atoms with Crippen molar-refractivity contribution in [3.8, 4) is 0 Å². The first-order valence-corrected chi connectivity index (χ1v) is 13.6. The predicted molar refractivity (Wildman–Crippen MR) is 144 cm³/mol. The molecule has 0 saturated heterocycles. The van der Waals surface area contributed by atoms with E-state index >= 15 is 0 Å². The Kier molecular flexibility index (Phi) is 16.5. The molecule has 0 aromatic heterocycles. The fourth-order valence-electron chi connectivity index (χ4n) is 4.80. The lowest BCUT2D eigenvalue weighted by molar-refractivity contribution is -0.153. The molecule has 0 aromatic carbocycles. The van der Waals surface area contributed by atoms with Crippen molar-refractivity contribution >= 4 is 23.6 Å². The maximum atomic E-state index is 14.0. The van der Waals surface area contributed by atoms with Gasteiger partial charge >= 0.3 is 5.97 Å². The average molecular weight is 546 g/mol. The summed E-state index contributed by atoms with van der Waals surface area (Å²) in [7, 11) is 4.66. The Morgan fingerprint density at radius 2 is 1.13 bits per heavy atom. The molecule has 0 saturated carbocycles. The minimum absolute atomic E-state index is 0.296. The monoisotopic (exact) mass is 545 g/mol. The molecular formula is C27H51N3O8. The number of aliphatic hydroxyl groups excluding tert-OH is 3. The minimum atomic E-state index is -1.89. The van der Waals surface area contributed by atoms with Gasteiger partial charge in [-0.3, -0.25) is 14.4 Å². The van der Waals surface area contributed by atoms with E-state index in [1.807, 2.05) is 6.92 Å². The number of hydrogen-bond acceptors (Lipinski definition) is 8. The van der Waals surface area contributed by atoms with Crippen LogP contribution in [0.25, 0.3) is 0 Å². The van der Waals surface area contributed by atoms with E-state index in [-0.39, 0.29) is 17.7 Å². The van der Waals surface area contributed by atoms with E-state index in [9.17, 15) is 34.5 Å². The molecule has 38 heavy (non-hydrogen) atoms. The average Bonchev–Trinajstić information content (AvgIpc) is 2.82. The smallest absolute Gasteiger partial charge is 0.332 e. The van der Waals surface area contributed by atoms with Crippen LogP contribution >= 0.6 is 0 Å². The van der Waals surface area contributed by atoms with Crippen molar-refractivity contribution in [3.05, 3.63) is 0 Å². The second-order valence-corrected chi connectivity index (χ2v) is 10.8. The highest BCUT2D eigenvalue weighted by Crippen LogP contribution is 2.25. The largest absolute Gasteiger partial charge is 0.479 e. The van der Waals surface area contributed by atoms with E-state index in [1.54, 1.807) is 41.8 Å². The molecule has 11 heteroatoms. The number of Topliss-reactive ketones (excluding diaryl/α,β-unsaturated/α-hetero) is 1. The molecule has 0 aromatic rings. The van der Waals surface area contributed by atoms with Crippen molar-refractivity contribution in [2.75, 3.05) is 21.1 Å². The van der Waals surface area contributed by atoms with Crippen LogP contribution in [0.1, 0.15) is 79.6 Å². The Bertz CT molecular complexity index is 761. The summed E-state index contributed by atoms with van der Waals surface area (Å²) in [5, 5.41) is 41.1. The Morgan fingerprint density at radius 1 is 0.711 bits per heavy atom. The molecule has 3 unspecified atom stereocenters. The summed E-state index contributed by atoms with van der Waals surface area (Å²) in [5.41, 5.74) is 0. The second kappa shape index (κ2) is 17.5. The van der Waals surface area contributed by atoms with Gasteiger partial charge in [0.15, 0.2) is 11.9 Å². The van der Waals surface area contributed by atoms with E-state index < -0.39 is 60.5 Å². The van der Waals surface area contributed by atoms with Crippen molar-refractivity contribution in [2.45, 2.75) is 116 Å². The third kappa shape index (κ3) is 11.8. The van der Waals surface area contributed by atoms with Crippen molar-refractivity contribution < 1.29 is 39.6 Å². The molecule has 11 nitrogen and oxygen atoms in total. The number of carboxylic acid groups (broad SMARTS) is 1. The quantitative estimate of drug-likeness (QED) is 0.159. The van der Waals surface area contributed by atoms with Gasteiger partial charge in [-0.25, -0.2) is 4.79 Å². The zero-order chi connectivity index (χ0) is 29.7. The SMILES string of the molecule is CN[C@@H](C)C(=O)N(C)[C@H](C(=O)N(C)[C@H](C(=O)CC(O)C(=O)O)[C@H](C)CCCC(C)O)[C@H](C)CCCC(C)O. The summed E-state index contributed by atoms with van der Waals surface area (Å²) in [5.74, 6) is -3.55. The molecule has 0 radical (unpaired) electrons. The number of likely N-dealkylation sites (N-methyl/N-ethyl adjacent to an activating group) is 3. The molecule has 0 fully saturated rings. The highest BCUT2D eigenvalue weighted by atomic mass is 16.4. The number of rotatable bonds is 19. The number of aliphatic hydroxyl groups is 3. The Hall–Kier alpha value is -2.08. The lowest BCUT2D eigenvalue weighted by Crippen LogP contribution is -2.58. The molecule has 0 spiro atoms. The fraction of sp³-hybridized carbons (Fsp3) is 0.852. The zero-order valence-corrected chi connectivity index (χ0v) is 24.4. The number of carbonyl (C=O) groups is 4. The van der Waals surface area contributed by atoms with Gasteiger partial charge < -0.3 is 35.5 Å². The number of nitrogens with one attached hydrogen (secondary N) is 1. The first-order valence-electron chi connectivity index (χ1n) is 13.6. The molecule has 0 bridgehead atoms. The molecule has 8 atom stereocenters. The van der Waals surface area contributed by atoms with Crippen LogP contribution in [0.3, 0.4) is 0 Å². The number of ketones is 1. The highest BCUT2D eigenvalue weighted by molar-refractivity contribution is 5.95. The van der Waals surface area contributed by atoms with Crippen LogP contribution in [0.5, 0.6) is 0 Å². The Morgan fingerprint density at radius 3 is 1.53 bits per heavy atom. The van der Waals surface area contributed by atoms with Gasteiger partial charge in [0.25, 0.3) is 0 Å². The maximum absolute atomic E-state index is 14.0. The summed E-state index contributed by atoms with van der Waals surface area (Å²) in [6.45, 7) is 8.66. The molecule has 0 rings (SSSR count). The molecule has 0 aliphatic rings. The van der Waals surface area contributed by atoms with Crippen LogP contribution in [0.2, 0.25) is 0 Å². The Balaban J connectivity index is 6.21. The van der Waals surface area contributed by atoms with E-state index in [0.717, 1.165) is 0 Å². The van der Waals surface area contributed by atoms with Gasteiger partial charge in [0.2, 0.25) is 11.8 Å². The summed E-state index contributed by atoms with van der Waals surface area (Å²) in [4.78, 5) is 54.2. The minimum Gasteiger partial charge on any atom is -0.479 e. The summed E-state index contributed by atoms with van der Waals surface area (Å²) in [6.07, 6.45) is -0.250. The van der Waals surface area contributed by atoms with Crippen molar-refractivity contribution in [1.29, 1.82) is 0 Å². The number of aliphatic carboxylic acids is 1. The van der Waals surface area contributed by atoms with E-state index in [0.29, 0.717) is 38.5 Å². The lowest BCUT2D eigenvalue weighted by atomic mass is 9.87. The van der Waals surface area contributed by atoms with Crippen LogP contribution < -0.4 is 5.32 Å². The molecule has 0 heterocycles. The van der Waals surface area contributed by atoms with Gasteiger partial charge in [0.05, 0.1) is 24.3 Å². The van der Waals surface area contributed by atoms with Gasteiger partial charge in [0.1, 0.15) is 6.04 Å². The van der Waals surface area contributed by atoms with Crippen molar-refractivity contribution in [1.82, 2.24) is 15.1 Å². The second-order valence-electron chi connectivity index (χ2n) is 10.8. The number of amides is 2. The molecule has 0 aliphatic carbocycles. The van der Waals surface area contributed by atoms with Gasteiger partial charge in [-0.1, -0.05) is 26.7 Å². The van der Waals surface area contributed by atoms with Gasteiger partial charge in [0, 0.05) is 20.5 Å². The number of nitrogens with zero attached hydrogens (tertiary/aromatic N) is 2. The molecule has 222 valence electrons. The van der Waals surface area contributed by atoms with E-state index in [1.165, 1.54) is 16.8 Å². The standard InChI is InChI=1S/C27H51N3O8/c1-16(11-9-13-18(3)31)23(21(33)15-22(34)27(37)38)29(7)26(36)24(17(2)12-10-14-19(4)32)30(8)25(35)20(5)28-6/h16-20,22-24,28,31-32,34H,9-15H2,1-8H3,(H,37,38)/t16-,17-,18?,19?,20+,22?,23+,24+/m1/s1. The van der Waals surface area contributed by atoms with Crippen molar-refractivity contribution in [2.24, 2.45) is 11.8 Å². The van der Waals surface area contributed by atoms with Gasteiger partial charge in [-0.2, -0.15) is 0 Å². The normalized spacial score (nSPS) is 17.9. The van der Waals surface area contributed by atoms with Gasteiger partial charge in [-0.15, -0.1) is 0 Å². The van der Waals surface area contributed by atoms with Crippen molar-refractivity contribution in [3.63, 3.8) is 0 Å². The number of carboxylic acids is 1. The van der Waals surface area contributed by atoms with Crippen LogP contribution in [-0.2, 0) is 19.2 Å². The van der Waals surface area contributed by atoms with E-state index in [2.05, 4.69) is 5.32 Å². The Labute approximate surface area is 227 Å². The first kappa shape index (κ1) is 35.9. The number of carbonyl (C=O) groups excluding carboxylic acids is 3. The summed E-state index contributed by atoms with van der Waals surface area (Å²) in [6, 6.07) is -2.47. The maximum Gasteiger partial charge on any atom is 0.332 e. The molecule has 0 aliphatic heterocycles. The van der Waals surface area contributed by atoms with Crippen LogP contribution in [0.15, 0.2) is 0 Å². The van der Waals surface area contributed by atoms with E-state index in [4.69, 9.17) is 5.11 Å². The van der Waals surface area contributed by atoms with Gasteiger partial charge in [-0.05, 0) is 65.3 Å². The molecule has 2 amide bonds. The third-order valence-corrected chi connectivity index (χ3v) is 7.24. The third-order valence-electron chi connectivity index (χ3n) is 7.24. The summed E-state index contributed by atoms with van der Waals surface area (Å²) < 4.78 is 0. The topological polar surface area (TPSA) is 168 Å². The number of hydrogen-bond donors (Lipinski definition) is 5. The highest BCUT2D eigenvalue weighted by Gasteiger charge is 2.40. The molecule has 5 N–H and O–H groups in total. The lowest BCUT2D eigenvalue weighted by Gasteiger charge is -2.39. The fourth-order valence-corrected chi connectivity index (χ4v) is 4.80. The summed E-state index contributed by atoms with van der Waals surface area (Å²) >= 11 is 0. The first-order chi connectivity index (χ1) is 17.6. The zero-order valence-electron chi connectivity index (χ0n) is 24.4. The molecular weight excluding hydrogens is 494 g/mol. The van der Waals surface area contributed by atoms with Crippen LogP contribution in [0.4, 0.5) is 0 Å². The van der Waals surface area contributed by atoms with Crippen LogP contribution in [-0.4, -0.2) is 111 Å². The van der Waals surface area contributed by atoms with Crippen LogP contribution in [0, 0.1) is 11.8 Å². The predicted octanol–water partition coefficient (Wildman–Crippen LogP) is 1.03.